The Morgan fingerprint density at radius 1 is 1.71 bits per heavy atom. The highest BCUT2D eigenvalue weighted by Crippen LogP contribution is 2.18. The molecule has 1 saturated heterocycles. The van der Waals surface area contributed by atoms with E-state index in [4.69, 9.17) is 0 Å². The van der Waals surface area contributed by atoms with Gasteiger partial charge in [-0.3, -0.25) is 0 Å². The summed E-state index contributed by atoms with van der Waals surface area (Å²) in [5, 5.41) is 2.22. The summed E-state index contributed by atoms with van der Waals surface area (Å²) in [5.74, 6) is 0. The average molecular weight is 96.1 g/mol. The minimum Gasteiger partial charge on any atom is -0.326 e. The number of nitrogens with zero attached hydrogens (tertiary/aromatic N) is 1. The van der Waals surface area contributed by atoms with Crippen molar-refractivity contribution in [3.05, 3.63) is 12.3 Å². The SMILES string of the molecule is C1=CC2CCN2N1. The average Bonchev–Trinajstić information content (AvgIpc) is 1.85. The predicted octanol–water partition coefficient (Wildman–Crippen LogP) is 0.0926. The van der Waals surface area contributed by atoms with Crippen LogP contribution in [0.4, 0.5) is 0 Å². The van der Waals surface area contributed by atoms with Crippen molar-refractivity contribution in [1.29, 1.82) is 0 Å². The van der Waals surface area contributed by atoms with Crippen LogP contribution in [-0.4, -0.2) is 17.6 Å². The molecule has 0 amide bonds. The van der Waals surface area contributed by atoms with Gasteiger partial charge >= 0.3 is 0 Å². The van der Waals surface area contributed by atoms with Crippen LogP contribution in [0, 0.1) is 0 Å². The molecule has 0 aromatic heterocycles. The van der Waals surface area contributed by atoms with Crippen molar-refractivity contribution in [3.63, 3.8) is 0 Å². The van der Waals surface area contributed by atoms with Crippen LogP contribution < -0.4 is 5.43 Å². The maximum Gasteiger partial charge on any atom is 0.0501 e. The van der Waals surface area contributed by atoms with E-state index in [9.17, 15) is 0 Å². The highest BCUT2D eigenvalue weighted by molar-refractivity contribution is 5.04. The number of fused-ring (bicyclic) bond motifs is 1. The lowest BCUT2D eigenvalue weighted by molar-refractivity contribution is 0.102. The standard InChI is InChI=1S/C5H8N2/c1-3-6-7-4-2-5(1)7/h1,3,5-6H,2,4H2. The smallest absolute Gasteiger partial charge is 0.0501 e. The molecule has 0 saturated carbocycles. The van der Waals surface area contributed by atoms with Crippen LogP contribution in [0.5, 0.6) is 0 Å². The van der Waals surface area contributed by atoms with Crippen molar-refractivity contribution in [2.75, 3.05) is 6.54 Å². The summed E-state index contributed by atoms with van der Waals surface area (Å²) >= 11 is 0. The third-order valence-electron chi connectivity index (χ3n) is 1.62. The zero-order chi connectivity index (χ0) is 4.69. The van der Waals surface area contributed by atoms with Crippen molar-refractivity contribution in [1.82, 2.24) is 10.4 Å². The van der Waals surface area contributed by atoms with E-state index >= 15 is 0 Å². The fraction of sp³-hybridized carbons (Fsp3) is 0.600. The Morgan fingerprint density at radius 3 is 3.00 bits per heavy atom. The Labute approximate surface area is 42.8 Å². The summed E-state index contributed by atoms with van der Waals surface area (Å²) in [4.78, 5) is 0. The Balaban J connectivity index is 2.14. The van der Waals surface area contributed by atoms with Crippen LogP contribution in [0.25, 0.3) is 0 Å². The van der Waals surface area contributed by atoms with E-state index in [2.05, 4.69) is 16.5 Å². The summed E-state index contributed by atoms with van der Waals surface area (Å²) in [6.45, 7) is 1.22. The zero-order valence-electron chi connectivity index (χ0n) is 4.09. The van der Waals surface area contributed by atoms with Crippen molar-refractivity contribution >= 4 is 0 Å². The van der Waals surface area contributed by atoms with E-state index in [1.54, 1.807) is 0 Å². The van der Waals surface area contributed by atoms with E-state index in [0.29, 0.717) is 0 Å². The molecule has 0 aromatic rings. The van der Waals surface area contributed by atoms with Gasteiger partial charge in [-0.1, -0.05) is 0 Å². The summed E-state index contributed by atoms with van der Waals surface area (Å²) in [7, 11) is 0. The van der Waals surface area contributed by atoms with E-state index < -0.39 is 0 Å². The first-order chi connectivity index (χ1) is 3.47. The van der Waals surface area contributed by atoms with Crippen LogP contribution in [-0.2, 0) is 0 Å². The van der Waals surface area contributed by atoms with E-state index in [0.717, 1.165) is 6.04 Å². The molecule has 1 atom stereocenters. The van der Waals surface area contributed by atoms with Crippen LogP contribution in [0.15, 0.2) is 12.3 Å². The molecule has 0 bridgehead atoms. The van der Waals surface area contributed by atoms with E-state index in [1.165, 1.54) is 13.0 Å². The summed E-state index contributed by atoms with van der Waals surface area (Å²) in [6, 6.07) is 0.736. The third-order valence-corrected chi connectivity index (χ3v) is 1.62. The van der Waals surface area contributed by atoms with E-state index in [1.807, 2.05) is 6.20 Å². The lowest BCUT2D eigenvalue weighted by Gasteiger charge is -2.33. The van der Waals surface area contributed by atoms with Gasteiger partial charge in [-0.2, -0.15) is 0 Å². The Kier molecular flexibility index (Phi) is 0.504. The minimum absolute atomic E-state index is 0.736. The van der Waals surface area contributed by atoms with Gasteiger partial charge in [-0.05, 0) is 12.5 Å². The summed E-state index contributed by atoms with van der Waals surface area (Å²) in [6.07, 6.45) is 5.55. The van der Waals surface area contributed by atoms with Gasteiger partial charge < -0.3 is 5.43 Å². The molecule has 2 aliphatic heterocycles. The molecule has 1 fully saturated rings. The Hall–Kier alpha value is -0.500. The first-order valence-electron chi connectivity index (χ1n) is 2.66. The molecule has 2 rings (SSSR count). The fourth-order valence-electron chi connectivity index (χ4n) is 1.02. The highest BCUT2D eigenvalue weighted by Gasteiger charge is 2.27. The zero-order valence-corrected chi connectivity index (χ0v) is 4.09. The molecular weight excluding hydrogens is 88.1 g/mol. The van der Waals surface area contributed by atoms with Gasteiger partial charge in [0.2, 0.25) is 0 Å². The number of hydrogen-bond acceptors (Lipinski definition) is 2. The number of rotatable bonds is 0. The second-order valence-electron chi connectivity index (χ2n) is 2.04. The molecule has 2 aliphatic rings. The topological polar surface area (TPSA) is 15.3 Å². The minimum atomic E-state index is 0.736. The van der Waals surface area contributed by atoms with Crippen molar-refractivity contribution < 1.29 is 0 Å². The molecule has 0 radical (unpaired) electrons. The van der Waals surface area contributed by atoms with Gasteiger partial charge in [0.15, 0.2) is 0 Å². The quantitative estimate of drug-likeness (QED) is 0.460. The van der Waals surface area contributed by atoms with Gasteiger partial charge in [-0.15, -0.1) is 0 Å². The fourth-order valence-corrected chi connectivity index (χ4v) is 1.02. The highest BCUT2D eigenvalue weighted by atomic mass is 15.6. The number of hydrogen-bond donors (Lipinski definition) is 1. The van der Waals surface area contributed by atoms with E-state index in [-0.39, 0.29) is 0 Å². The second kappa shape index (κ2) is 1.01. The molecule has 0 aromatic carbocycles. The first kappa shape index (κ1) is 3.50. The Morgan fingerprint density at radius 2 is 2.71 bits per heavy atom. The largest absolute Gasteiger partial charge is 0.326 e. The van der Waals surface area contributed by atoms with Crippen LogP contribution in [0.1, 0.15) is 6.42 Å². The second-order valence-corrected chi connectivity index (χ2v) is 2.04. The van der Waals surface area contributed by atoms with Gasteiger partial charge in [-0.25, -0.2) is 5.01 Å². The molecule has 1 unspecified atom stereocenters. The van der Waals surface area contributed by atoms with Crippen LogP contribution in [0.3, 0.4) is 0 Å². The molecule has 38 valence electrons. The Bertz CT molecular complexity index is 109. The molecule has 0 aliphatic carbocycles. The van der Waals surface area contributed by atoms with Gasteiger partial charge in [0.1, 0.15) is 0 Å². The molecule has 2 heteroatoms. The molecule has 0 spiro atoms. The molecule has 7 heavy (non-hydrogen) atoms. The van der Waals surface area contributed by atoms with Crippen LogP contribution >= 0.6 is 0 Å². The van der Waals surface area contributed by atoms with Crippen LogP contribution in [0.2, 0.25) is 0 Å². The van der Waals surface area contributed by atoms with Crippen molar-refractivity contribution in [2.24, 2.45) is 0 Å². The molecule has 1 N–H and O–H groups in total. The van der Waals surface area contributed by atoms with Crippen molar-refractivity contribution in [2.45, 2.75) is 12.5 Å². The maximum absolute atomic E-state index is 3.11. The number of nitrogens with one attached hydrogen (secondary N) is 1. The number of hydrazine groups is 1. The van der Waals surface area contributed by atoms with Gasteiger partial charge in [0, 0.05) is 12.7 Å². The normalized spacial score (nSPS) is 36.9. The molecular formula is C5H8N2. The maximum atomic E-state index is 3.11. The molecule has 2 nitrogen and oxygen atoms in total. The van der Waals surface area contributed by atoms with Gasteiger partial charge in [0.05, 0.1) is 6.04 Å². The monoisotopic (exact) mass is 96.1 g/mol. The summed E-state index contributed by atoms with van der Waals surface area (Å²) < 4.78 is 0. The summed E-state index contributed by atoms with van der Waals surface area (Å²) in [5.41, 5.74) is 3.11. The van der Waals surface area contributed by atoms with Gasteiger partial charge in [0.25, 0.3) is 0 Å². The first-order valence-corrected chi connectivity index (χ1v) is 2.66. The van der Waals surface area contributed by atoms with Crippen molar-refractivity contribution in [3.8, 4) is 0 Å². The molecule has 2 heterocycles. The lowest BCUT2D eigenvalue weighted by atomic mass is 10.1. The predicted molar refractivity (Wildman–Crippen MR) is 27.4 cm³/mol. The third kappa shape index (κ3) is 0.320. The lowest BCUT2D eigenvalue weighted by Crippen LogP contribution is -2.48.